The highest BCUT2D eigenvalue weighted by molar-refractivity contribution is 5.69. The third-order valence-electron chi connectivity index (χ3n) is 3.95. The lowest BCUT2D eigenvalue weighted by molar-refractivity contribution is -0.153. The topological polar surface area (TPSA) is 29.5 Å². The van der Waals surface area contributed by atoms with Gasteiger partial charge in [0, 0.05) is 12.5 Å². The molecule has 0 N–H and O–H groups in total. The summed E-state index contributed by atoms with van der Waals surface area (Å²) in [6.07, 6.45) is 2.21. The van der Waals surface area contributed by atoms with E-state index in [1.165, 1.54) is 0 Å². The molecule has 0 radical (unpaired) electrons. The van der Waals surface area contributed by atoms with Gasteiger partial charge in [0.05, 0.1) is 0 Å². The number of nitrogens with zero attached hydrogens (tertiary/aromatic N) is 1. The lowest BCUT2D eigenvalue weighted by atomic mass is 10.0. The van der Waals surface area contributed by atoms with Gasteiger partial charge in [0.25, 0.3) is 0 Å². The van der Waals surface area contributed by atoms with E-state index in [0.29, 0.717) is 6.42 Å². The van der Waals surface area contributed by atoms with Gasteiger partial charge in [-0.2, -0.15) is 0 Å². The van der Waals surface area contributed by atoms with E-state index >= 15 is 0 Å². The van der Waals surface area contributed by atoms with Crippen LogP contribution < -0.4 is 0 Å². The number of likely N-dealkylation sites (N-methyl/N-ethyl adjacent to an activating group) is 1. The highest BCUT2D eigenvalue weighted by Crippen LogP contribution is 2.25. The number of hydrogen-bond acceptors (Lipinski definition) is 3. The Morgan fingerprint density at radius 1 is 1.14 bits per heavy atom. The van der Waals surface area contributed by atoms with Crippen molar-refractivity contribution in [3.05, 3.63) is 35.9 Å². The largest absolute Gasteiger partial charge is 0.456 e. The zero-order chi connectivity index (χ0) is 15.7. The van der Waals surface area contributed by atoms with Gasteiger partial charge in [0.2, 0.25) is 0 Å². The molecule has 0 aliphatic rings. The molecular formula is C18H29NO2. The van der Waals surface area contributed by atoms with Gasteiger partial charge >= 0.3 is 5.97 Å². The molecule has 0 saturated carbocycles. The van der Waals surface area contributed by atoms with E-state index < -0.39 is 0 Å². The molecule has 1 aromatic carbocycles. The number of hydrogen-bond donors (Lipinski definition) is 0. The Bertz CT molecular complexity index is 401. The van der Waals surface area contributed by atoms with Crippen LogP contribution >= 0.6 is 0 Å². The van der Waals surface area contributed by atoms with E-state index in [1.54, 1.807) is 0 Å². The SMILES string of the molecule is CCCCC(=O)OC(c1ccccc1)C(C)N(CC)CC. The molecule has 2 atom stereocenters. The Morgan fingerprint density at radius 2 is 1.76 bits per heavy atom. The summed E-state index contributed by atoms with van der Waals surface area (Å²) in [4.78, 5) is 14.4. The van der Waals surface area contributed by atoms with Crippen molar-refractivity contribution in [3.8, 4) is 0 Å². The zero-order valence-electron chi connectivity index (χ0n) is 13.8. The Balaban J connectivity index is 2.87. The Kier molecular flexibility index (Phi) is 8.06. The normalized spacial score (nSPS) is 14.0. The lowest BCUT2D eigenvalue weighted by Gasteiger charge is -2.33. The Hall–Kier alpha value is -1.35. The van der Waals surface area contributed by atoms with Crippen LogP contribution in [-0.4, -0.2) is 30.0 Å². The van der Waals surface area contributed by atoms with Crippen LogP contribution in [0.25, 0.3) is 0 Å². The predicted octanol–water partition coefficient (Wildman–Crippen LogP) is 4.19. The fraction of sp³-hybridized carbons (Fsp3) is 0.611. The molecule has 21 heavy (non-hydrogen) atoms. The van der Waals surface area contributed by atoms with Crippen molar-refractivity contribution in [2.45, 2.75) is 59.1 Å². The lowest BCUT2D eigenvalue weighted by Crippen LogP contribution is -2.39. The molecule has 118 valence electrons. The van der Waals surface area contributed by atoms with Crippen LogP contribution in [0, 0.1) is 0 Å². The summed E-state index contributed by atoms with van der Waals surface area (Å²) < 4.78 is 5.80. The number of unbranched alkanes of at least 4 members (excludes halogenated alkanes) is 1. The molecule has 3 nitrogen and oxygen atoms in total. The van der Waals surface area contributed by atoms with Gasteiger partial charge in [-0.3, -0.25) is 9.69 Å². The highest BCUT2D eigenvalue weighted by Gasteiger charge is 2.26. The van der Waals surface area contributed by atoms with Crippen molar-refractivity contribution in [2.75, 3.05) is 13.1 Å². The van der Waals surface area contributed by atoms with Crippen molar-refractivity contribution in [1.29, 1.82) is 0 Å². The molecule has 1 aromatic rings. The zero-order valence-corrected chi connectivity index (χ0v) is 13.8. The highest BCUT2D eigenvalue weighted by atomic mass is 16.5. The van der Waals surface area contributed by atoms with Crippen LogP contribution in [0.2, 0.25) is 0 Å². The number of rotatable bonds is 9. The first-order valence-corrected chi connectivity index (χ1v) is 8.12. The number of carbonyl (C=O) groups excluding carboxylic acids is 1. The van der Waals surface area contributed by atoms with Crippen LogP contribution in [0.5, 0.6) is 0 Å². The number of esters is 1. The maximum atomic E-state index is 12.0. The minimum atomic E-state index is -0.199. The van der Waals surface area contributed by atoms with E-state index in [2.05, 4.69) is 32.6 Å². The van der Waals surface area contributed by atoms with Crippen LogP contribution in [0.4, 0.5) is 0 Å². The van der Waals surface area contributed by atoms with E-state index in [4.69, 9.17) is 4.74 Å². The van der Waals surface area contributed by atoms with Crippen molar-refractivity contribution in [2.24, 2.45) is 0 Å². The summed E-state index contributed by atoms with van der Waals surface area (Å²) in [5, 5.41) is 0. The third-order valence-corrected chi connectivity index (χ3v) is 3.95. The summed E-state index contributed by atoms with van der Waals surface area (Å²) in [6.45, 7) is 10.4. The minimum absolute atomic E-state index is 0.0929. The van der Waals surface area contributed by atoms with Crippen LogP contribution in [-0.2, 0) is 9.53 Å². The molecule has 0 spiro atoms. The Morgan fingerprint density at radius 3 is 2.29 bits per heavy atom. The van der Waals surface area contributed by atoms with E-state index in [0.717, 1.165) is 31.5 Å². The summed E-state index contributed by atoms with van der Waals surface area (Å²) in [5.74, 6) is -0.0929. The van der Waals surface area contributed by atoms with E-state index in [9.17, 15) is 4.79 Å². The standard InChI is InChI=1S/C18H29NO2/c1-5-8-14-17(20)21-18(15(4)19(6-2)7-3)16-12-10-9-11-13-16/h9-13,15,18H,5-8,14H2,1-4H3. The molecule has 0 amide bonds. The first-order chi connectivity index (χ1) is 10.1. The second-order valence-corrected chi connectivity index (χ2v) is 5.39. The molecule has 3 heteroatoms. The van der Waals surface area contributed by atoms with Crippen molar-refractivity contribution in [1.82, 2.24) is 4.90 Å². The van der Waals surface area contributed by atoms with Gasteiger partial charge in [-0.1, -0.05) is 57.5 Å². The van der Waals surface area contributed by atoms with Crippen molar-refractivity contribution < 1.29 is 9.53 Å². The molecule has 0 saturated heterocycles. The number of benzene rings is 1. The van der Waals surface area contributed by atoms with Gasteiger partial charge in [-0.25, -0.2) is 0 Å². The maximum Gasteiger partial charge on any atom is 0.306 e. The number of carbonyl (C=O) groups is 1. The first-order valence-electron chi connectivity index (χ1n) is 8.12. The summed E-state index contributed by atoms with van der Waals surface area (Å²) in [7, 11) is 0. The molecule has 0 aromatic heterocycles. The van der Waals surface area contributed by atoms with Gasteiger partial charge in [-0.05, 0) is 32.0 Å². The second kappa shape index (κ2) is 9.56. The monoisotopic (exact) mass is 291 g/mol. The number of ether oxygens (including phenoxy) is 1. The fourth-order valence-corrected chi connectivity index (χ4v) is 2.60. The molecule has 0 aliphatic carbocycles. The molecular weight excluding hydrogens is 262 g/mol. The molecule has 0 bridgehead atoms. The fourth-order valence-electron chi connectivity index (χ4n) is 2.60. The smallest absolute Gasteiger partial charge is 0.306 e. The summed E-state index contributed by atoms with van der Waals surface area (Å²) in [6, 6.07) is 10.2. The quantitative estimate of drug-likeness (QED) is 0.639. The van der Waals surface area contributed by atoms with E-state index in [-0.39, 0.29) is 18.1 Å². The first kappa shape index (κ1) is 17.7. The van der Waals surface area contributed by atoms with Gasteiger partial charge < -0.3 is 4.74 Å². The average Bonchev–Trinajstić information content (AvgIpc) is 2.52. The Labute approximate surface area is 129 Å². The third kappa shape index (κ3) is 5.50. The average molecular weight is 291 g/mol. The van der Waals surface area contributed by atoms with Crippen molar-refractivity contribution in [3.63, 3.8) is 0 Å². The molecule has 0 fully saturated rings. The van der Waals surface area contributed by atoms with Crippen LogP contribution in [0.3, 0.4) is 0 Å². The van der Waals surface area contributed by atoms with Gasteiger partial charge in [-0.15, -0.1) is 0 Å². The predicted molar refractivity (Wildman–Crippen MR) is 87.2 cm³/mol. The minimum Gasteiger partial charge on any atom is -0.456 e. The van der Waals surface area contributed by atoms with E-state index in [1.807, 2.05) is 30.3 Å². The molecule has 1 rings (SSSR count). The van der Waals surface area contributed by atoms with Gasteiger partial charge in [0.15, 0.2) is 0 Å². The molecule has 0 aliphatic heterocycles. The summed E-state index contributed by atoms with van der Waals surface area (Å²) in [5.41, 5.74) is 1.07. The second-order valence-electron chi connectivity index (χ2n) is 5.39. The molecule has 0 heterocycles. The summed E-state index contributed by atoms with van der Waals surface area (Å²) >= 11 is 0. The van der Waals surface area contributed by atoms with Gasteiger partial charge in [0.1, 0.15) is 6.10 Å². The van der Waals surface area contributed by atoms with Crippen LogP contribution in [0.15, 0.2) is 30.3 Å². The maximum absolute atomic E-state index is 12.0. The van der Waals surface area contributed by atoms with Crippen LogP contribution in [0.1, 0.15) is 58.6 Å². The molecule has 2 unspecified atom stereocenters. The van der Waals surface area contributed by atoms with Crippen molar-refractivity contribution >= 4 is 5.97 Å².